The Hall–Kier alpha value is -3.15. The van der Waals surface area contributed by atoms with E-state index in [2.05, 4.69) is 5.32 Å². The molecule has 6 nitrogen and oxygen atoms in total. The topological polar surface area (TPSA) is 69.7 Å². The van der Waals surface area contributed by atoms with Gasteiger partial charge in [-0.1, -0.05) is 60.7 Å². The van der Waals surface area contributed by atoms with Gasteiger partial charge in [0.2, 0.25) is 17.7 Å². The summed E-state index contributed by atoms with van der Waals surface area (Å²) < 4.78 is 0. The molecule has 0 radical (unpaired) electrons. The number of amides is 3. The second-order valence-electron chi connectivity index (χ2n) is 7.18. The second-order valence-corrected chi connectivity index (χ2v) is 7.18. The van der Waals surface area contributed by atoms with Crippen molar-refractivity contribution in [3.63, 3.8) is 0 Å². The van der Waals surface area contributed by atoms with Gasteiger partial charge in [-0.2, -0.15) is 0 Å². The molecule has 1 heterocycles. The van der Waals surface area contributed by atoms with Crippen molar-refractivity contribution < 1.29 is 14.4 Å². The van der Waals surface area contributed by atoms with Gasteiger partial charge in [0.05, 0.1) is 5.92 Å². The van der Waals surface area contributed by atoms with Gasteiger partial charge in [-0.15, -0.1) is 0 Å². The minimum atomic E-state index is -0.411. The number of carbonyl (C=O) groups excluding carboxylic acids is 3. The van der Waals surface area contributed by atoms with Crippen molar-refractivity contribution in [3.05, 3.63) is 71.8 Å². The SMILES string of the molecule is CC(=O)N1CCN(C(=O)CCNC(=O)C(c2ccccc2)c2ccccc2)CC1. The lowest BCUT2D eigenvalue weighted by Crippen LogP contribution is -2.50. The molecule has 0 unspecified atom stereocenters. The molecule has 1 N–H and O–H groups in total. The van der Waals surface area contributed by atoms with E-state index in [9.17, 15) is 14.4 Å². The molecule has 6 heteroatoms. The quantitative estimate of drug-likeness (QED) is 0.816. The minimum Gasteiger partial charge on any atom is -0.355 e. The van der Waals surface area contributed by atoms with Crippen LogP contribution in [-0.2, 0) is 14.4 Å². The van der Waals surface area contributed by atoms with Gasteiger partial charge in [-0.05, 0) is 11.1 Å². The van der Waals surface area contributed by atoms with Crippen LogP contribution in [0, 0.1) is 0 Å². The van der Waals surface area contributed by atoms with Crippen LogP contribution in [0.1, 0.15) is 30.4 Å². The number of carbonyl (C=O) groups is 3. The highest BCUT2D eigenvalue weighted by Gasteiger charge is 2.24. The fraction of sp³-hybridized carbons (Fsp3) is 0.348. The summed E-state index contributed by atoms with van der Waals surface area (Å²) >= 11 is 0. The highest BCUT2D eigenvalue weighted by Crippen LogP contribution is 2.24. The number of nitrogens with zero attached hydrogens (tertiary/aromatic N) is 2. The average molecular weight is 393 g/mol. The van der Waals surface area contributed by atoms with Crippen molar-refractivity contribution in [1.29, 1.82) is 0 Å². The maximum absolute atomic E-state index is 12.9. The molecule has 0 aliphatic carbocycles. The molecule has 0 saturated carbocycles. The molecule has 0 atom stereocenters. The number of hydrogen-bond donors (Lipinski definition) is 1. The number of hydrogen-bond acceptors (Lipinski definition) is 3. The van der Waals surface area contributed by atoms with Gasteiger partial charge < -0.3 is 15.1 Å². The number of rotatable bonds is 6. The molecule has 1 aliphatic heterocycles. The first-order valence-corrected chi connectivity index (χ1v) is 9.97. The van der Waals surface area contributed by atoms with Crippen LogP contribution in [0.2, 0.25) is 0 Å². The van der Waals surface area contributed by atoms with E-state index in [1.165, 1.54) is 0 Å². The highest BCUT2D eigenvalue weighted by molar-refractivity contribution is 5.87. The number of benzene rings is 2. The molecule has 0 spiro atoms. The van der Waals surface area contributed by atoms with Crippen molar-refractivity contribution >= 4 is 17.7 Å². The Morgan fingerprint density at radius 3 is 1.79 bits per heavy atom. The summed E-state index contributed by atoms with van der Waals surface area (Å²) in [7, 11) is 0. The molecule has 1 aliphatic rings. The summed E-state index contributed by atoms with van der Waals surface area (Å²) in [6.45, 7) is 4.06. The van der Waals surface area contributed by atoms with Crippen molar-refractivity contribution in [3.8, 4) is 0 Å². The van der Waals surface area contributed by atoms with E-state index in [0.717, 1.165) is 11.1 Å². The molecular weight excluding hydrogens is 366 g/mol. The largest absolute Gasteiger partial charge is 0.355 e. The Morgan fingerprint density at radius 2 is 1.31 bits per heavy atom. The van der Waals surface area contributed by atoms with Gasteiger partial charge in [0, 0.05) is 46.1 Å². The Kier molecular flexibility index (Phi) is 7.00. The maximum Gasteiger partial charge on any atom is 0.232 e. The first-order valence-electron chi connectivity index (χ1n) is 9.97. The second kappa shape index (κ2) is 9.87. The molecular formula is C23H27N3O3. The summed E-state index contributed by atoms with van der Waals surface area (Å²) in [5, 5.41) is 2.93. The normalized spacial score (nSPS) is 14.0. The van der Waals surface area contributed by atoms with Crippen molar-refractivity contribution in [1.82, 2.24) is 15.1 Å². The standard InChI is InChI=1S/C23H27N3O3/c1-18(27)25-14-16-26(17-15-25)21(28)12-13-24-23(29)22(19-8-4-2-5-9-19)20-10-6-3-7-11-20/h2-11,22H,12-17H2,1H3,(H,24,29). The summed E-state index contributed by atoms with van der Waals surface area (Å²) in [5.41, 5.74) is 1.84. The predicted octanol–water partition coefficient (Wildman–Crippen LogP) is 2.02. The smallest absolute Gasteiger partial charge is 0.232 e. The highest BCUT2D eigenvalue weighted by atomic mass is 16.2. The van der Waals surface area contributed by atoms with Crippen LogP contribution < -0.4 is 5.32 Å². The van der Waals surface area contributed by atoms with Gasteiger partial charge in [-0.3, -0.25) is 14.4 Å². The van der Waals surface area contributed by atoms with Gasteiger partial charge in [0.1, 0.15) is 0 Å². The zero-order chi connectivity index (χ0) is 20.6. The molecule has 1 saturated heterocycles. The predicted molar refractivity (Wildman–Crippen MR) is 111 cm³/mol. The number of piperazine rings is 1. The lowest BCUT2D eigenvalue weighted by molar-refractivity contribution is -0.138. The third-order valence-corrected chi connectivity index (χ3v) is 5.24. The zero-order valence-corrected chi connectivity index (χ0v) is 16.7. The molecule has 2 aromatic rings. The summed E-state index contributed by atoms with van der Waals surface area (Å²) in [6, 6.07) is 19.3. The van der Waals surface area contributed by atoms with E-state index >= 15 is 0 Å². The Labute approximate surface area is 171 Å². The van der Waals surface area contributed by atoms with Gasteiger partial charge in [0.15, 0.2) is 0 Å². The Balaban J connectivity index is 1.56. The minimum absolute atomic E-state index is 0.00414. The van der Waals surface area contributed by atoms with E-state index < -0.39 is 5.92 Å². The molecule has 0 bridgehead atoms. The van der Waals surface area contributed by atoms with Crippen molar-refractivity contribution in [2.75, 3.05) is 32.7 Å². The van der Waals surface area contributed by atoms with E-state index in [1.807, 2.05) is 60.7 Å². The van der Waals surface area contributed by atoms with Crippen LogP contribution in [0.25, 0.3) is 0 Å². The van der Waals surface area contributed by atoms with Crippen molar-refractivity contribution in [2.45, 2.75) is 19.3 Å². The molecule has 3 rings (SSSR count). The van der Waals surface area contributed by atoms with Crippen molar-refractivity contribution in [2.24, 2.45) is 0 Å². The first-order chi connectivity index (χ1) is 14.1. The number of nitrogens with one attached hydrogen (secondary N) is 1. The molecule has 1 fully saturated rings. The fourth-order valence-electron chi connectivity index (χ4n) is 3.61. The van der Waals surface area contributed by atoms with Crippen LogP contribution >= 0.6 is 0 Å². The molecule has 3 amide bonds. The van der Waals surface area contributed by atoms with E-state index in [0.29, 0.717) is 32.7 Å². The van der Waals surface area contributed by atoms with Gasteiger partial charge >= 0.3 is 0 Å². The maximum atomic E-state index is 12.9. The fourth-order valence-corrected chi connectivity index (χ4v) is 3.61. The zero-order valence-electron chi connectivity index (χ0n) is 16.7. The average Bonchev–Trinajstić information content (AvgIpc) is 2.75. The monoisotopic (exact) mass is 393 g/mol. The van der Waals surface area contributed by atoms with Gasteiger partial charge in [-0.25, -0.2) is 0 Å². The summed E-state index contributed by atoms with van der Waals surface area (Å²) in [4.78, 5) is 40.3. The third-order valence-electron chi connectivity index (χ3n) is 5.24. The van der Waals surface area contributed by atoms with Crippen LogP contribution in [0.4, 0.5) is 0 Å². The van der Waals surface area contributed by atoms with E-state index in [1.54, 1.807) is 16.7 Å². The third kappa shape index (κ3) is 5.44. The van der Waals surface area contributed by atoms with E-state index in [4.69, 9.17) is 0 Å². The van der Waals surface area contributed by atoms with Gasteiger partial charge in [0.25, 0.3) is 0 Å². The van der Waals surface area contributed by atoms with Crippen LogP contribution in [0.5, 0.6) is 0 Å². The molecule has 152 valence electrons. The summed E-state index contributed by atoms with van der Waals surface area (Å²) in [6.07, 6.45) is 0.252. The summed E-state index contributed by atoms with van der Waals surface area (Å²) in [5.74, 6) is -0.482. The van der Waals surface area contributed by atoms with E-state index in [-0.39, 0.29) is 24.1 Å². The molecule has 29 heavy (non-hydrogen) atoms. The Bertz CT molecular complexity index is 791. The lowest BCUT2D eigenvalue weighted by atomic mass is 9.90. The Morgan fingerprint density at radius 1 is 0.828 bits per heavy atom. The van der Waals surface area contributed by atoms with Crippen LogP contribution in [0.3, 0.4) is 0 Å². The molecule has 0 aromatic heterocycles. The molecule has 2 aromatic carbocycles. The first kappa shape index (κ1) is 20.6. The lowest BCUT2D eigenvalue weighted by Gasteiger charge is -2.34. The van der Waals surface area contributed by atoms with Crippen LogP contribution in [-0.4, -0.2) is 60.2 Å². The van der Waals surface area contributed by atoms with Crippen LogP contribution in [0.15, 0.2) is 60.7 Å².